The molecule has 1 aliphatic carbocycles. The van der Waals surface area contributed by atoms with E-state index < -0.39 is 0 Å². The van der Waals surface area contributed by atoms with Gasteiger partial charge in [-0.15, -0.1) is 15.3 Å². The van der Waals surface area contributed by atoms with E-state index in [1.54, 1.807) is 43.5 Å². The van der Waals surface area contributed by atoms with Gasteiger partial charge in [0.2, 0.25) is 0 Å². The van der Waals surface area contributed by atoms with Gasteiger partial charge in [0, 0.05) is 52.3 Å². The minimum Gasteiger partial charge on any atom is -0.494 e. The summed E-state index contributed by atoms with van der Waals surface area (Å²) in [5.41, 5.74) is 8.39. The summed E-state index contributed by atoms with van der Waals surface area (Å²) in [6.45, 7) is 2.27. The minimum atomic E-state index is -0.327. The fraction of sp³-hybridized carbons (Fsp3) is 0.107. The fourth-order valence-corrected chi connectivity index (χ4v) is 9.18. The number of benzene rings is 9. The van der Waals surface area contributed by atoms with E-state index in [2.05, 4.69) is 6.07 Å². The molecule has 0 fully saturated rings. The summed E-state index contributed by atoms with van der Waals surface area (Å²) in [6, 6.07) is 49.6. The number of halogens is 1. The van der Waals surface area contributed by atoms with Crippen LogP contribution < -0.4 is 19.4 Å². The van der Waals surface area contributed by atoms with Crippen LogP contribution in [-0.2, 0) is 11.4 Å². The highest BCUT2D eigenvalue weighted by Gasteiger charge is 2.28. The largest absolute Gasteiger partial charge is 0.494 e. The summed E-state index contributed by atoms with van der Waals surface area (Å²) in [5.74, 6) is 0.338. The number of ether oxygens (including phenoxy) is 2. The maximum absolute atomic E-state index is 14.5. The smallest absolute Gasteiger partial charge is 0.261 e. The molecule has 0 aromatic heterocycles. The Morgan fingerprint density at radius 1 is 0.603 bits per heavy atom. The number of ketones is 1. The number of aryl methyl sites for hydroxylation is 1. The predicted octanol–water partition coefficient (Wildman–Crippen LogP) is 15.0. The van der Waals surface area contributed by atoms with Crippen LogP contribution in [0.15, 0.2) is 178 Å². The Morgan fingerprint density at radius 3 is 2.01 bits per heavy atom. The molecule has 0 bridgehead atoms. The monoisotopic (exact) mass is 914 g/mol. The van der Waals surface area contributed by atoms with Gasteiger partial charge in [0.05, 0.1) is 47.6 Å². The van der Waals surface area contributed by atoms with E-state index in [0.717, 1.165) is 60.3 Å². The van der Waals surface area contributed by atoms with Gasteiger partial charge in [-0.1, -0.05) is 115 Å². The van der Waals surface area contributed by atoms with Crippen molar-refractivity contribution in [2.75, 3.05) is 38.3 Å². The van der Waals surface area contributed by atoms with E-state index in [4.69, 9.17) is 46.4 Å². The number of hydrogen-bond donors (Lipinski definition) is 0. The lowest BCUT2D eigenvalue weighted by atomic mass is 9.82. The van der Waals surface area contributed by atoms with Crippen LogP contribution in [0.3, 0.4) is 0 Å². The molecule has 1 amide bonds. The number of methoxy groups -OCH3 is 2. The van der Waals surface area contributed by atoms with Gasteiger partial charge in [-0.2, -0.15) is 5.11 Å². The maximum atomic E-state index is 14.5. The SMILES string of the molecule is COc1c(CON(C)c2cccc(C)c2)cc2ccccc2c1N=Nc1ccc2c(c1)C(=O)c1cccc3c(N=Nc4c(OC)c(C(=O)N(C)c5ccccc5Cl)cc5ccccc45)ccc-2c13. The third-order valence-corrected chi connectivity index (χ3v) is 12.6. The van der Waals surface area contributed by atoms with Crippen molar-refractivity contribution in [3.63, 3.8) is 0 Å². The topological polar surface area (TPSA) is 118 Å². The average molecular weight is 915 g/mol. The highest BCUT2D eigenvalue weighted by Crippen LogP contribution is 2.47. The minimum absolute atomic E-state index is 0.148. The Kier molecular flexibility index (Phi) is 11.7. The second-order valence-corrected chi connectivity index (χ2v) is 16.8. The number of hydroxylamine groups is 1. The molecule has 0 heterocycles. The van der Waals surface area contributed by atoms with Crippen molar-refractivity contribution in [2.45, 2.75) is 13.5 Å². The maximum Gasteiger partial charge on any atom is 0.261 e. The highest BCUT2D eigenvalue weighted by atomic mass is 35.5. The molecular weight excluding hydrogens is 872 g/mol. The van der Waals surface area contributed by atoms with E-state index in [1.165, 1.54) is 12.0 Å². The van der Waals surface area contributed by atoms with Gasteiger partial charge in [-0.05, 0) is 89.0 Å². The normalized spacial score (nSPS) is 12.1. The number of carbonyl (C=O) groups is 2. The number of para-hydroxylation sites is 1. The van der Waals surface area contributed by atoms with Crippen molar-refractivity contribution in [3.05, 3.63) is 191 Å². The molecule has 68 heavy (non-hydrogen) atoms. The second-order valence-electron chi connectivity index (χ2n) is 16.4. The molecule has 12 heteroatoms. The Balaban J connectivity index is 0.987. The average Bonchev–Trinajstić information content (AvgIpc) is 3.37. The molecule has 9 aromatic carbocycles. The molecule has 0 aliphatic heterocycles. The zero-order valence-corrected chi connectivity index (χ0v) is 38.6. The summed E-state index contributed by atoms with van der Waals surface area (Å²) in [6.07, 6.45) is 0. The van der Waals surface area contributed by atoms with Gasteiger partial charge in [0.15, 0.2) is 17.3 Å². The lowest BCUT2D eigenvalue weighted by molar-refractivity contribution is 0.0989. The van der Waals surface area contributed by atoms with Gasteiger partial charge >= 0.3 is 0 Å². The van der Waals surface area contributed by atoms with Gasteiger partial charge in [0.25, 0.3) is 5.91 Å². The third-order valence-electron chi connectivity index (χ3n) is 12.3. The van der Waals surface area contributed by atoms with Crippen LogP contribution >= 0.6 is 11.6 Å². The number of azo groups is 2. The molecule has 0 radical (unpaired) electrons. The lowest BCUT2D eigenvalue weighted by Crippen LogP contribution is -2.27. The first kappa shape index (κ1) is 43.6. The van der Waals surface area contributed by atoms with E-state index in [1.807, 2.05) is 141 Å². The van der Waals surface area contributed by atoms with E-state index in [0.29, 0.717) is 55.9 Å². The van der Waals surface area contributed by atoms with Crippen LogP contribution in [0.1, 0.15) is 37.4 Å². The van der Waals surface area contributed by atoms with E-state index >= 15 is 0 Å². The van der Waals surface area contributed by atoms with Crippen LogP contribution in [0.25, 0.3) is 43.4 Å². The molecule has 0 saturated carbocycles. The Hall–Kier alpha value is -8.25. The third kappa shape index (κ3) is 7.87. The van der Waals surface area contributed by atoms with Crippen LogP contribution in [0.2, 0.25) is 5.02 Å². The van der Waals surface area contributed by atoms with Crippen molar-refractivity contribution in [1.82, 2.24) is 0 Å². The fourth-order valence-electron chi connectivity index (χ4n) is 8.92. The molecule has 0 unspecified atom stereocenters. The van der Waals surface area contributed by atoms with Gasteiger partial charge in [-0.3, -0.25) is 19.5 Å². The van der Waals surface area contributed by atoms with Gasteiger partial charge in [0.1, 0.15) is 18.0 Å². The molecule has 9 aromatic rings. The van der Waals surface area contributed by atoms with E-state index in [-0.39, 0.29) is 24.0 Å². The molecule has 334 valence electrons. The second kappa shape index (κ2) is 18.2. The quantitative estimate of drug-likeness (QED) is 0.0890. The zero-order valence-electron chi connectivity index (χ0n) is 37.8. The Morgan fingerprint density at radius 2 is 1.26 bits per heavy atom. The van der Waals surface area contributed by atoms with Gasteiger partial charge in [-0.25, -0.2) is 0 Å². The predicted molar refractivity (Wildman–Crippen MR) is 271 cm³/mol. The number of nitrogens with zero attached hydrogens (tertiary/aromatic N) is 6. The lowest BCUT2D eigenvalue weighted by Gasteiger charge is -2.21. The standard InChI is InChI=1S/C56H43ClN6O5/c1-33-14-12-17-38(28-33)63(3)68-32-36-29-34-15-6-8-18-39(34)51(54(36)66-4)60-58-37-24-25-41-42-26-27-48(43-20-13-21-44(50(42)43)53(64)45(41)31-37)59-61-52-40-19-9-7-16-35(40)30-46(55(52)67-5)56(65)62(2)49-23-11-10-22-47(49)57/h6-31H,32H2,1-5H3. The number of rotatable bonds is 12. The summed E-state index contributed by atoms with van der Waals surface area (Å²) in [4.78, 5) is 36.3. The highest BCUT2D eigenvalue weighted by molar-refractivity contribution is 6.34. The number of fused-ring (bicyclic) bond motifs is 4. The van der Waals surface area contributed by atoms with Crippen molar-refractivity contribution in [2.24, 2.45) is 20.5 Å². The number of hydrogen-bond acceptors (Lipinski definition) is 10. The molecule has 0 spiro atoms. The van der Waals surface area contributed by atoms with Crippen LogP contribution in [0, 0.1) is 6.92 Å². The Labute approximate surface area is 397 Å². The molecule has 1 aliphatic rings. The summed E-state index contributed by atoms with van der Waals surface area (Å²) >= 11 is 6.50. The van der Waals surface area contributed by atoms with Crippen LogP contribution in [0.4, 0.5) is 34.1 Å². The van der Waals surface area contributed by atoms with Crippen molar-refractivity contribution < 1.29 is 23.9 Å². The van der Waals surface area contributed by atoms with Gasteiger partial charge < -0.3 is 14.4 Å². The number of anilines is 2. The Bertz CT molecular complexity index is 3570. The van der Waals surface area contributed by atoms with Crippen molar-refractivity contribution in [1.29, 1.82) is 0 Å². The molecule has 10 rings (SSSR count). The van der Waals surface area contributed by atoms with E-state index in [9.17, 15) is 9.59 Å². The van der Waals surface area contributed by atoms with Crippen molar-refractivity contribution >= 4 is 89.7 Å². The molecule has 0 saturated heterocycles. The zero-order chi connectivity index (χ0) is 47.1. The molecule has 0 N–H and O–H groups in total. The molecule has 11 nitrogen and oxygen atoms in total. The van der Waals surface area contributed by atoms with Crippen LogP contribution in [0.5, 0.6) is 11.5 Å². The molecular formula is C56H43ClN6O5. The molecule has 0 atom stereocenters. The van der Waals surface area contributed by atoms with Crippen molar-refractivity contribution in [3.8, 4) is 22.6 Å². The summed E-state index contributed by atoms with van der Waals surface area (Å²) < 4.78 is 11.9. The first-order valence-electron chi connectivity index (χ1n) is 21.9. The number of amides is 1. The summed E-state index contributed by atoms with van der Waals surface area (Å²) in [7, 11) is 6.66. The number of carbonyl (C=O) groups excluding carboxylic acids is 2. The van der Waals surface area contributed by atoms with Crippen LogP contribution in [-0.4, -0.2) is 40.0 Å². The first-order valence-corrected chi connectivity index (χ1v) is 22.2. The first-order chi connectivity index (χ1) is 33.1. The summed E-state index contributed by atoms with van der Waals surface area (Å²) in [5, 5.41) is 26.1.